The van der Waals surface area contributed by atoms with Crippen LogP contribution in [0.1, 0.15) is 0 Å². The van der Waals surface area contributed by atoms with E-state index in [1.54, 1.807) is 0 Å². The summed E-state index contributed by atoms with van der Waals surface area (Å²) in [6.07, 6.45) is 0. The van der Waals surface area contributed by atoms with Crippen molar-refractivity contribution in [2.45, 2.75) is 0 Å². The van der Waals surface area contributed by atoms with E-state index in [2.05, 4.69) is 15.8 Å². The van der Waals surface area contributed by atoms with Crippen molar-refractivity contribution in [1.82, 2.24) is 0 Å². The molecule has 0 rings (SSSR count). The Labute approximate surface area is 37.9 Å². The van der Waals surface area contributed by atoms with Gasteiger partial charge in [0.15, 0.2) is 0 Å². The third-order valence-electron chi connectivity index (χ3n) is 0.0976. The van der Waals surface area contributed by atoms with Crippen molar-refractivity contribution >= 4 is 21.6 Å². The number of rotatable bonds is 0. The lowest BCUT2D eigenvalue weighted by Gasteiger charge is -1.60. The lowest BCUT2D eigenvalue weighted by atomic mass is 10.1. The molecule has 4 heteroatoms. The van der Waals surface area contributed by atoms with Crippen molar-refractivity contribution in [3.63, 3.8) is 0 Å². The first kappa shape index (κ1) is 4.96. The van der Waals surface area contributed by atoms with Gasteiger partial charge in [-0.3, -0.25) is 4.32 Å². The summed E-state index contributed by atoms with van der Waals surface area (Å²) in [5.41, 5.74) is 0. The number of nitrogens with zero attached hydrogens (tertiary/aromatic N) is 1. The number of halogens is 2. The van der Waals surface area contributed by atoms with Crippen LogP contribution in [0.2, 0.25) is 0 Å². The first-order chi connectivity index (χ1) is 2.27. The van der Waals surface area contributed by atoms with Crippen LogP contribution in [0.15, 0.2) is 0 Å². The maximum atomic E-state index is 11.0. The SMILES string of the molecule is N#CB(F)Br. The summed E-state index contributed by atoms with van der Waals surface area (Å²) in [6.45, 7) is 0. The van der Waals surface area contributed by atoms with Gasteiger partial charge in [0.25, 0.3) is 0 Å². The zero-order valence-electron chi connectivity index (χ0n) is 2.28. The van der Waals surface area contributed by atoms with Crippen LogP contribution in [0.5, 0.6) is 0 Å². The molecule has 0 heterocycles. The second-order valence-electron chi connectivity index (χ2n) is 0.430. The highest BCUT2D eigenvalue weighted by molar-refractivity contribution is 9.24. The van der Waals surface area contributed by atoms with Gasteiger partial charge in [-0.05, 0) is 0 Å². The Morgan fingerprint density at radius 1 is 2.00 bits per heavy atom. The minimum atomic E-state index is -1.50. The minimum absolute atomic E-state index is 1.28. The fraction of sp³-hybridized carbons (Fsp3) is 0. The minimum Gasteiger partial charge on any atom is -0.297 e. The van der Waals surface area contributed by atoms with Gasteiger partial charge >= 0.3 is 5.81 Å². The van der Waals surface area contributed by atoms with Crippen LogP contribution in [0.4, 0.5) is 4.32 Å². The van der Waals surface area contributed by atoms with E-state index in [4.69, 9.17) is 5.26 Å². The second-order valence-corrected chi connectivity index (χ2v) is 1.23. The highest BCUT2D eigenvalue weighted by atomic mass is 79.9. The van der Waals surface area contributed by atoms with Gasteiger partial charge in [-0.2, -0.15) is 0 Å². The maximum Gasteiger partial charge on any atom is 0.531 e. The third kappa shape index (κ3) is 3.96. The van der Waals surface area contributed by atoms with Crippen molar-refractivity contribution in [1.29, 1.82) is 5.26 Å². The number of hydrogen-bond acceptors (Lipinski definition) is 1. The van der Waals surface area contributed by atoms with Crippen LogP contribution in [0.3, 0.4) is 0 Å². The molecule has 0 saturated carbocycles. The molecule has 0 fully saturated rings. The van der Waals surface area contributed by atoms with E-state index in [1.807, 2.05) is 0 Å². The summed E-state index contributed by atoms with van der Waals surface area (Å²) in [5, 5.41) is 7.47. The predicted octanol–water partition coefficient (Wildman–Crippen LogP) is 0.902. The van der Waals surface area contributed by atoms with E-state index in [1.165, 1.54) is 5.97 Å². The molecule has 0 radical (unpaired) electrons. The highest BCUT2D eigenvalue weighted by Crippen LogP contribution is 1.87. The summed E-state index contributed by atoms with van der Waals surface area (Å²) in [7, 11) is 0. The van der Waals surface area contributed by atoms with Crippen LogP contribution in [-0.2, 0) is 0 Å². The first-order valence-electron chi connectivity index (χ1n) is 0.949. The molecule has 0 aliphatic carbocycles. The summed E-state index contributed by atoms with van der Waals surface area (Å²) >= 11 is 2.35. The van der Waals surface area contributed by atoms with Gasteiger partial charge in [0.2, 0.25) is 0 Å². The normalized spacial score (nSPS) is 5.80. The van der Waals surface area contributed by atoms with E-state index in [9.17, 15) is 4.32 Å². The van der Waals surface area contributed by atoms with Crippen LogP contribution >= 0.6 is 15.8 Å². The number of nitriles is 1. The van der Waals surface area contributed by atoms with Gasteiger partial charge in [-0.15, -0.1) is 0 Å². The molecule has 0 N–H and O–H groups in total. The fourth-order valence-corrected chi connectivity index (χ4v) is 0. The fourth-order valence-electron chi connectivity index (χ4n) is 0. The monoisotopic (exact) mass is 135 g/mol. The molecule has 0 amide bonds. The quantitative estimate of drug-likeness (QED) is 0.453. The molecule has 0 bridgehead atoms. The molecule has 0 saturated heterocycles. The molecule has 0 aromatic heterocycles. The molecule has 0 aromatic carbocycles. The molecule has 1 nitrogen and oxygen atoms in total. The molecule has 0 spiro atoms. The van der Waals surface area contributed by atoms with Crippen molar-refractivity contribution < 1.29 is 4.32 Å². The highest BCUT2D eigenvalue weighted by Gasteiger charge is 2.00. The molecule has 0 unspecified atom stereocenters. The van der Waals surface area contributed by atoms with E-state index in [-0.39, 0.29) is 0 Å². The molecular formula is CBBrFN. The molecule has 26 valence electrons. The topological polar surface area (TPSA) is 23.8 Å². The average molecular weight is 136 g/mol. The van der Waals surface area contributed by atoms with Gasteiger partial charge in [-0.1, -0.05) is 15.8 Å². The van der Waals surface area contributed by atoms with Crippen molar-refractivity contribution in [3.8, 4) is 5.97 Å². The third-order valence-corrected chi connectivity index (χ3v) is 0.302. The van der Waals surface area contributed by atoms with E-state index >= 15 is 0 Å². The van der Waals surface area contributed by atoms with Crippen LogP contribution in [0.25, 0.3) is 0 Å². The largest absolute Gasteiger partial charge is 0.531 e. The lowest BCUT2D eigenvalue weighted by Crippen LogP contribution is -1.81. The number of hydrogen-bond donors (Lipinski definition) is 0. The van der Waals surface area contributed by atoms with E-state index in [0.717, 1.165) is 0 Å². The predicted molar refractivity (Wildman–Crippen MR) is 21.4 cm³/mol. The summed E-state index contributed by atoms with van der Waals surface area (Å²) < 4.78 is 11.0. The molecule has 5 heavy (non-hydrogen) atoms. The first-order valence-corrected chi connectivity index (χ1v) is 1.86. The Balaban J connectivity index is 2.94. The van der Waals surface area contributed by atoms with Crippen molar-refractivity contribution in [2.75, 3.05) is 0 Å². The Morgan fingerprint density at radius 3 is 2.20 bits per heavy atom. The van der Waals surface area contributed by atoms with Gasteiger partial charge in [0.05, 0.1) is 5.97 Å². The maximum absolute atomic E-state index is 11.0. The van der Waals surface area contributed by atoms with Gasteiger partial charge in [-0.25, -0.2) is 5.26 Å². The van der Waals surface area contributed by atoms with E-state index in [0.29, 0.717) is 0 Å². The average Bonchev–Trinajstić information content (AvgIpc) is 1.38. The van der Waals surface area contributed by atoms with Gasteiger partial charge < -0.3 is 0 Å². The van der Waals surface area contributed by atoms with Crippen molar-refractivity contribution in [3.05, 3.63) is 0 Å². The summed E-state index contributed by atoms with van der Waals surface area (Å²) in [6, 6.07) is 0. The Kier molecular flexibility index (Phi) is 2.20. The molecule has 0 aliphatic rings. The Bertz CT molecular complexity index is 57.2. The summed E-state index contributed by atoms with van der Waals surface area (Å²) in [4.78, 5) is 0. The van der Waals surface area contributed by atoms with Crippen molar-refractivity contribution in [2.24, 2.45) is 0 Å². The second kappa shape index (κ2) is 2.22. The lowest BCUT2D eigenvalue weighted by molar-refractivity contribution is 0.879. The van der Waals surface area contributed by atoms with Crippen LogP contribution < -0.4 is 0 Å². The van der Waals surface area contributed by atoms with Crippen LogP contribution in [-0.4, -0.2) is 5.81 Å². The van der Waals surface area contributed by atoms with Gasteiger partial charge in [0, 0.05) is 0 Å². The molecule has 0 aliphatic heterocycles. The van der Waals surface area contributed by atoms with Gasteiger partial charge in [0.1, 0.15) is 0 Å². The summed E-state index contributed by atoms with van der Waals surface area (Å²) in [5.74, 6) is -0.220. The van der Waals surface area contributed by atoms with Crippen LogP contribution in [0, 0.1) is 11.2 Å². The zero-order chi connectivity index (χ0) is 4.28. The molecule has 0 atom stereocenters. The Morgan fingerprint density at radius 2 is 2.20 bits per heavy atom. The van der Waals surface area contributed by atoms with E-state index < -0.39 is 5.81 Å². The molecular weight excluding hydrogens is 136 g/mol. The standard InChI is InChI=1S/CBBrFN/c3-2(4)1-5. The Hall–Kier alpha value is -0.0351. The smallest absolute Gasteiger partial charge is 0.297 e. The zero-order valence-corrected chi connectivity index (χ0v) is 3.87. The molecule has 0 aromatic rings.